The van der Waals surface area contributed by atoms with E-state index in [-0.39, 0.29) is 12.8 Å². The molecule has 0 aliphatic carbocycles. The fraction of sp³-hybridized carbons (Fsp3) is 0.625. The zero-order chi connectivity index (χ0) is 15.1. The summed E-state index contributed by atoms with van der Waals surface area (Å²) >= 11 is 0. The molecular formula is C16H26O4. The smallest absolute Gasteiger partial charge is 0.307 e. The minimum Gasteiger partial charge on any atom is -0.481 e. The second kappa shape index (κ2) is 13.8. The Morgan fingerprint density at radius 1 is 0.600 bits per heavy atom. The van der Waals surface area contributed by atoms with Crippen LogP contribution in [0.1, 0.15) is 64.2 Å². The second-order valence-corrected chi connectivity index (χ2v) is 4.84. The number of carboxylic acids is 2. The van der Waals surface area contributed by atoms with Gasteiger partial charge in [0.2, 0.25) is 0 Å². The minimum atomic E-state index is -0.779. The van der Waals surface area contributed by atoms with Crippen molar-refractivity contribution in [2.75, 3.05) is 0 Å². The van der Waals surface area contributed by atoms with Crippen LogP contribution in [0.3, 0.4) is 0 Å². The maximum absolute atomic E-state index is 10.2. The summed E-state index contributed by atoms with van der Waals surface area (Å²) in [6.45, 7) is 0. The Morgan fingerprint density at radius 3 is 1.30 bits per heavy atom. The molecule has 0 atom stereocenters. The van der Waals surface area contributed by atoms with Gasteiger partial charge in [0.15, 0.2) is 0 Å². The third-order valence-electron chi connectivity index (χ3n) is 2.91. The van der Waals surface area contributed by atoms with Crippen molar-refractivity contribution in [2.45, 2.75) is 64.2 Å². The Bertz CT molecular complexity index is 286. The summed E-state index contributed by atoms with van der Waals surface area (Å²) in [5.74, 6) is -1.56. The van der Waals surface area contributed by atoms with E-state index in [0.29, 0.717) is 0 Å². The Kier molecular flexibility index (Phi) is 12.7. The van der Waals surface area contributed by atoms with Gasteiger partial charge in [0.1, 0.15) is 0 Å². The minimum absolute atomic E-state index is 0.120. The molecule has 0 fully saturated rings. The molecule has 114 valence electrons. The van der Waals surface area contributed by atoms with Crippen LogP contribution in [0.5, 0.6) is 0 Å². The van der Waals surface area contributed by atoms with E-state index in [0.717, 1.165) is 25.7 Å². The summed E-state index contributed by atoms with van der Waals surface area (Å²) in [7, 11) is 0. The molecule has 0 aromatic carbocycles. The predicted octanol–water partition coefficient (Wildman–Crippen LogP) is 4.17. The number of hydrogen-bond acceptors (Lipinski definition) is 2. The van der Waals surface area contributed by atoms with Gasteiger partial charge in [-0.1, -0.05) is 50.0 Å². The first-order valence-electron chi connectivity index (χ1n) is 7.36. The number of aliphatic carboxylic acids is 2. The predicted molar refractivity (Wildman–Crippen MR) is 79.7 cm³/mol. The Morgan fingerprint density at radius 2 is 0.950 bits per heavy atom. The number of carboxylic acid groups (broad SMARTS) is 2. The summed E-state index contributed by atoms with van der Waals surface area (Å²) in [4.78, 5) is 20.5. The van der Waals surface area contributed by atoms with Crippen molar-refractivity contribution >= 4 is 11.9 Å². The topological polar surface area (TPSA) is 74.6 Å². The lowest BCUT2D eigenvalue weighted by molar-refractivity contribution is -0.137. The van der Waals surface area contributed by atoms with Gasteiger partial charge in [0.05, 0.1) is 12.8 Å². The van der Waals surface area contributed by atoms with Crippen molar-refractivity contribution in [2.24, 2.45) is 0 Å². The van der Waals surface area contributed by atoms with Crippen LogP contribution in [0.25, 0.3) is 0 Å². The van der Waals surface area contributed by atoms with E-state index in [2.05, 4.69) is 0 Å². The first-order chi connectivity index (χ1) is 9.63. The van der Waals surface area contributed by atoms with E-state index in [1.165, 1.54) is 25.7 Å². The molecule has 4 heteroatoms. The average Bonchev–Trinajstić information content (AvgIpc) is 2.38. The number of allylic oxidation sites excluding steroid dienone is 2. The normalized spacial score (nSPS) is 11.4. The maximum Gasteiger partial charge on any atom is 0.307 e. The fourth-order valence-electron chi connectivity index (χ4n) is 1.84. The molecule has 0 heterocycles. The van der Waals surface area contributed by atoms with Crippen molar-refractivity contribution in [3.05, 3.63) is 24.3 Å². The molecule has 0 spiro atoms. The molecule has 0 saturated heterocycles. The second-order valence-electron chi connectivity index (χ2n) is 4.84. The summed E-state index contributed by atoms with van der Waals surface area (Å²) < 4.78 is 0. The largest absolute Gasteiger partial charge is 0.481 e. The molecule has 0 aromatic rings. The van der Waals surface area contributed by atoms with Crippen molar-refractivity contribution < 1.29 is 19.8 Å². The first kappa shape index (κ1) is 18.4. The highest BCUT2D eigenvalue weighted by Crippen LogP contribution is 2.09. The number of hydrogen-bond donors (Lipinski definition) is 2. The summed E-state index contributed by atoms with van der Waals surface area (Å²) in [5, 5.41) is 16.9. The van der Waals surface area contributed by atoms with Gasteiger partial charge in [-0.25, -0.2) is 0 Å². The summed E-state index contributed by atoms with van der Waals surface area (Å²) in [6, 6.07) is 0. The van der Waals surface area contributed by atoms with Crippen LogP contribution in [0.4, 0.5) is 0 Å². The zero-order valence-corrected chi connectivity index (χ0v) is 12.1. The molecule has 20 heavy (non-hydrogen) atoms. The summed E-state index contributed by atoms with van der Waals surface area (Å²) in [5.41, 5.74) is 0. The maximum atomic E-state index is 10.2. The van der Waals surface area contributed by atoms with E-state index in [9.17, 15) is 9.59 Å². The van der Waals surface area contributed by atoms with Gasteiger partial charge >= 0.3 is 11.9 Å². The van der Waals surface area contributed by atoms with Gasteiger partial charge in [0.25, 0.3) is 0 Å². The van der Waals surface area contributed by atoms with Crippen LogP contribution in [0, 0.1) is 0 Å². The van der Waals surface area contributed by atoms with Gasteiger partial charge in [-0.15, -0.1) is 0 Å². The van der Waals surface area contributed by atoms with Gasteiger partial charge < -0.3 is 10.2 Å². The van der Waals surface area contributed by atoms with Gasteiger partial charge in [-0.2, -0.15) is 0 Å². The molecule has 0 aliphatic rings. The van der Waals surface area contributed by atoms with E-state index in [4.69, 9.17) is 10.2 Å². The Balaban J connectivity index is 3.17. The molecule has 0 rings (SSSR count). The van der Waals surface area contributed by atoms with Crippen molar-refractivity contribution in [1.29, 1.82) is 0 Å². The molecule has 0 unspecified atom stereocenters. The molecule has 0 saturated carbocycles. The van der Waals surface area contributed by atoms with E-state index in [1.54, 1.807) is 12.2 Å². The SMILES string of the molecule is O=C(O)CC=CCCCCCCCCC=CCC(=O)O. The monoisotopic (exact) mass is 282 g/mol. The van der Waals surface area contributed by atoms with Crippen LogP contribution in [-0.2, 0) is 9.59 Å². The third-order valence-corrected chi connectivity index (χ3v) is 2.91. The third kappa shape index (κ3) is 16.4. The van der Waals surface area contributed by atoms with Crippen molar-refractivity contribution in [1.82, 2.24) is 0 Å². The number of rotatable bonds is 13. The Hall–Kier alpha value is -1.58. The average molecular weight is 282 g/mol. The molecule has 0 aromatic heterocycles. The molecule has 0 radical (unpaired) electrons. The number of carbonyl (C=O) groups is 2. The highest BCUT2D eigenvalue weighted by atomic mass is 16.4. The quantitative estimate of drug-likeness (QED) is 0.393. The van der Waals surface area contributed by atoms with Crippen LogP contribution in [0.15, 0.2) is 24.3 Å². The van der Waals surface area contributed by atoms with Crippen LogP contribution in [0.2, 0.25) is 0 Å². The lowest BCUT2D eigenvalue weighted by Gasteiger charge is -1.99. The van der Waals surface area contributed by atoms with E-state index < -0.39 is 11.9 Å². The van der Waals surface area contributed by atoms with Crippen LogP contribution < -0.4 is 0 Å². The van der Waals surface area contributed by atoms with E-state index in [1.807, 2.05) is 12.2 Å². The lowest BCUT2D eigenvalue weighted by Crippen LogP contribution is -1.89. The standard InChI is InChI=1S/C16H26O4/c17-15(18)13-11-9-7-5-3-1-2-4-6-8-10-12-14-16(19)20/h9-12H,1-8,13-14H2,(H,17,18)(H,19,20). The van der Waals surface area contributed by atoms with Crippen LogP contribution in [-0.4, -0.2) is 22.2 Å². The van der Waals surface area contributed by atoms with Gasteiger partial charge in [0, 0.05) is 0 Å². The molecule has 0 bridgehead atoms. The Labute approximate surface area is 121 Å². The summed E-state index contributed by atoms with van der Waals surface area (Å²) in [6.07, 6.45) is 16.5. The highest BCUT2D eigenvalue weighted by Gasteiger charge is 1.92. The molecule has 2 N–H and O–H groups in total. The van der Waals surface area contributed by atoms with Gasteiger partial charge in [-0.3, -0.25) is 9.59 Å². The van der Waals surface area contributed by atoms with Gasteiger partial charge in [-0.05, 0) is 25.7 Å². The number of unbranched alkanes of at least 4 members (excludes halogenated alkanes) is 7. The fourth-order valence-corrected chi connectivity index (χ4v) is 1.84. The lowest BCUT2D eigenvalue weighted by atomic mass is 10.1. The molecular weight excluding hydrogens is 256 g/mol. The first-order valence-corrected chi connectivity index (χ1v) is 7.36. The molecule has 4 nitrogen and oxygen atoms in total. The zero-order valence-electron chi connectivity index (χ0n) is 12.1. The molecule has 0 amide bonds. The van der Waals surface area contributed by atoms with Crippen molar-refractivity contribution in [3.63, 3.8) is 0 Å². The molecule has 0 aliphatic heterocycles. The van der Waals surface area contributed by atoms with Crippen LogP contribution >= 0.6 is 0 Å². The van der Waals surface area contributed by atoms with Crippen molar-refractivity contribution in [3.8, 4) is 0 Å². The van der Waals surface area contributed by atoms with E-state index >= 15 is 0 Å². The highest BCUT2D eigenvalue weighted by molar-refractivity contribution is 5.68.